The first-order valence-electron chi connectivity index (χ1n) is 13.7. The smallest absolute Gasteiger partial charge is 0.302 e. The van der Waals surface area contributed by atoms with Gasteiger partial charge in [0.25, 0.3) is 0 Å². The van der Waals surface area contributed by atoms with E-state index in [-0.39, 0.29) is 12.1 Å². The van der Waals surface area contributed by atoms with Gasteiger partial charge in [-0.25, -0.2) is 4.58 Å². The van der Waals surface area contributed by atoms with Crippen molar-refractivity contribution in [2.24, 2.45) is 46.3 Å². The molecule has 3 nitrogen and oxygen atoms in total. The van der Waals surface area contributed by atoms with E-state index in [0.29, 0.717) is 10.8 Å². The highest BCUT2D eigenvalue weighted by Crippen LogP contribution is 2.68. The van der Waals surface area contributed by atoms with E-state index in [9.17, 15) is 4.79 Å². The Morgan fingerprint density at radius 1 is 1.12 bits per heavy atom. The predicted octanol–water partition coefficient (Wildman–Crippen LogP) is 6.01. The Labute approximate surface area is 195 Å². The fourth-order valence-corrected chi connectivity index (χ4v) is 10.4. The lowest BCUT2D eigenvalue weighted by Crippen LogP contribution is -2.51. The van der Waals surface area contributed by atoms with Gasteiger partial charge in [-0.3, -0.25) is 4.79 Å². The molecule has 3 fully saturated rings. The molecular weight excluding hydrogens is 394 g/mol. The lowest BCUT2D eigenvalue weighted by Gasteiger charge is -2.58. The van der Waals surface area contributed by atoms with Crippen molar-refractivity contribution in [1.82, 2.24) is 0 Å². The van der Waals surface area contributed by atoms with E-state index in [1.807, 2.05) is 5.71 Å². The average Bonchev–Trinajstić information content (AvgIpc) is 3.20. The van der Waals surface area contributed by atoms with Crippen LogP contribution in [0.2, 0.25) is 0 Å². The molecule has 2 heterocycles. The molecule has 0 aromatic heterocycles. The molecule has 0 spiro atoms. The van der Waals surface area contributed by atoms with Crippen molar-refractivity contribution in [1.29, 1.82) is 0 Å². The molecule has 10 atom stereocenters. The van der Waals surface area contributed by atoms with Crippen LogP contribution in [0, 0.1) is 46.3 Å². The number of nitrogens with zero attached hydrogens (tertiary/aromatic N) is 1. The van der Waals surface area contributed by atoms with Gasteiger partial charge in [0.05, 0.1) is 0 Å². The van der Waals surface area contributed by atoms with Crippen molar-refractivity contribution in [3.63, 3.8) is 0 Å². The first kappa shape index (κ1) is 21.4. The second-order valence-corrected chi connectivity index (χ2v) is 13.2. The van der Waals surface area contributed by atoms with E-state index in [4.69, 9.17) is 4.74 Å². The highest BCUT2D eigenvalue weighted by molar-refractivity contribution is 5.84. The summed E-state index contributed by atoms with van der Waals surface area (Å²) in [5.41, 5.74) is 4.30. The van der Waals surface area contributed by atoms with E-state index in [0.717, 1.165) is 54.4 Å². The molecule has 0 aromatic carbocycles. The minimum Gasteiger partial charge on any atom is -0.462 e. The third-order valence-electron chi connectivity index (χ3n) is 11.7. The van der Waals surface area contributed by atoms with Gasteiger partial charge in [0, 0.05) is 43.9 Å². The van der Waals surface area contributed by atoms with Gasteiger partial charge in [-0.2, -0.15) is 0 Å². The highest BCUT2D eigenvalue weighted by atomic mass is 16.5. The first-order valence-corrected chi connectivity index (χ1v) is 13.7. The standard InChI is InChI=1S/C29H44NO2/c1-17-6-9-25-18(2)27-26(30(25)16-17)15-24-22-8-7-20-14-21(32-19(3)31)10-12-28(20,4)23(22)11-13-29(24,27)5/h7,17-18,21-24,26-27H,6,8-16H2,1-5H3/q+1/t17-,18+,21-,22+,23-,24-,26-,27-,28-,29-/m0/s1. The fourth-order valence-electron chi connectivity index (χ4n) is 10.4. The Hall–Kier alpha value is -1.12. The van der Waals surface area contributed by atoms with Crippen molar-refractivity contribution < 1.29 is 14.1 Å². The molecule has 6 rings (SSSR count). The maximum atomic E-state index is 11.5. The molecule has 0 radical (unpaired) electrons. The van der Waals surface area contributed by atoms with Crippen LogP contribution in [0.4, 0.5) is 0 Å². The van der Waals surface area contributed by atoms with Gasteiger partial charge in [-0.15, -0.1) is 0 Å². The molecule has 3 heteroatoms. The molecule has 3 saturated carbocycles. The zero-order chi connectivity index (χ0) is 22.4. The topological polar surface area (TPSA) is 29.3 Å². The number of carbonyl (C=O) groups excluding carboxylic acids is 1. The molecule has 0 aromatic rings. The van der Waals surface area contributed by atoms with Gasteiger partial charge in [-0.05, 0) is 67.1 Å². The Bertz CT molecular complexity index is 888. The highest BCUT2D eigenvalue weighted by Gasteiger charge is 2.67. The molecule has 2 aliphatic heterocycles. The zero-order valence-electron chi connectivity index (χ0n) is 21.0. The molecule has 176 valence electrons. The number of fused-ring (bicyclic) bond motifs is 8. The Kier molecular flexibility index (Phi) is 4.81. The maximum absolute atomic E-state index is 11.5. The third-order valence-corrected chi connectivity index (χ3v) is 11.7. The minimum absolute atomic E-state index is 0.110. The second-order valence-electron chi connectivity index (χ2n) is 13.2. The van der Waals surface area contributed by atoms with Gasteiger partial charge >= 0.3 is 5.97 Å². The fraction of sp³-hybridized carbons (Fsp3) is 0.862. The number of carbonyl (C=O) groups is 1. The van der Waals surface area contributed by atoms with Crippen LogP contribution in [0.5, 0.6) is 0 Å². The van der Waals surface area contributed by atoms with Crippen LogP contribution in [0.25, 0.3) is 0 Å². The lowest BCUT2D eigenvalue weighted by molar-refractivity contribution is -0.573. The zero-order valence-corrected chi connectivity index (χ0v) is 21.0. The van der Waals surface area contributed by atoms with E-state index in [1.165, 1.54) is 51.5 Å². The molecule has 0 bridgehead atoms. The van der Waals surface area contributed by atoms with E-state index < -0.39 is 0 Å². The van der Waals surface area contributed by atoms with Crippen LogP contribution >= 0.6 is 0 Å². The van der Waals surface area contributed by atoms with Gasteiger partial charge in [0.2, 0.25) is 0 Å². The molecule has 0 saturated heterocycles. The van der Waals surface area contributed by atoms with Crippen LogP contribution in [-0.2, 0) is 9.53 Å². The summed E-state index contributed by atoms with van der Waals surface area (Å²) in [5, 5.41) is 0. The van der Waals surface area contributed by atoms with Crippen LogP contribution < -0.4 is 0 Å². The third kappa shape index (κ3) is 2.84. The summed E-state index contributed by atoms with van der Waals surface area (Å²) in [6, 6.07) is 0.814. The van der Waals surface area contributed by atoms with Crippen LogP contribution in [-0.4, -0.2) is 34.9 Å². The van der Waals surface area contributed by atoms with Gasteiger partial charge < -0.3 is 4.74 Å². The lowest BCUT2D eigenvalue weighted by atomic mass is 9.47. The number of esters is 1. The van der Waals surface area contributed by atoms with E-state index in [1.54, 1.807) is 12.5 Å². The summed E-state index contributed by atoms with van der Waals surface area (Å²) in [6.45, 7) is 13.2. The summed E-state index contributed by atoms with van der Waals surface area (Å²) in [6.07, 6.45) is 14.3. The van der Waals surface area contributed by atoms with E-state index in [2.05, 4.69) is 38.3 Å². The first-order chi connectivity index (χ1) is 15.2. The van der Waals surface area contributed by atoms with Gasteiger partial charge in [0.15, 0.2) is 11.8 Å². The van der Waals surface area contributed by atoms with Crippen molar-refractivity contribution in [2.75, 3.05) is 6.54 Å². The van der Waals surface area contributed by atoms with Crippen LogP contribution in [0.1, 0.15) is 92.4 Å². The molecule has 0 N–H and O–H groups in total. The number of allylic oxidation sites excluding steroid dienone is 1. The normalized spacial score (nSPS) is 51.7. The minimum atomic E-state index is -0.115. The van der Waals surface area contributed by atoms with Crippen LogP contribution in [0.3, 0.4) is 0 Å². The maximum Gasteiger partial charge on any atom is 0.302 e. The van der Waals surface area contributed by atoms with Crippen molar-refractivity contribution >= 4 is 11.7 Å². The monoisotopic (exact) mass is 438 g/mol. The SMILES string of the molecule is CC(=O)O[C@H]1CC[C@@]2(C)C(=CC[C@H]3[C@@H]4C[C@H]5[C@H]([C@H](C)C6=[N+]5C[C@@H](C)CC6)[C@@]4(C)CC[C@@H]32)C1. The summed E-state index contributed by atoms with van der Waals surface area (Å²) in [7, 11) is 0. The molecular formula is C29H44NO2+. The van der Waals surface area contributed by atoms with Gasteiger partial charge in [-0.1, -0.05) is 39.3 Å². The summed E-state index contributed by atoms with van der Waals surface area (Å²) < 4.78 is 8.57. The van der Waals surface area contributed by atoms with Crippen molar-refractivity contribution in [3.8, 4) is 0 Å². The molecule has 0 amide bonds. The molecule has 6 aliphatic rings. The van der Waals surface area contributed by atoms with E-state index >= 15 is 0 Å². The van der Waals surface area contributed by atoms with Crippen molar-refractivity contribution in [3.05, 3.63) is 11.6 Å². The van der Waals surface area contributed by atoms with Crippen LogP contribution in [0.15, 0.2) is 11.6 Å². The number of ether oxygens (including phenoxy) is 1. The largest absolute Gasteiger partial charge is 0.462 e. The quantitative estimate of drug-likeness (QED) is 0.285. The molecule has 4 aliphatic carbocycles. The summed E-state index contributed by atoms with van der Waals surface area (Å²) >= 11 is 0. The van der Waals surface area contributed by atoms with Gasteiger partial charge in [0.1, 0.15) is 12.6 Å². The Morgan fingerprint density at radius 3 is 2.72 bits per heavy atom. The average molecular weight is 439 g/mol. The summed E-state index contributed by atoms with van der Waals surface area (Å²) in [4.78, 5) is 11.5. The molecule has 32 heavy (non-hydrogen) atoms. The number of rotatable bonds is 1. The predicted molar refractivity (Wildman–Crippen MR) is 128 cm³/mol. The number of hydrogen-bond acceptors (Lipinski definition) is 2. The number of hydrogen-bond donors (Lipinski definition) is 0. The molecule has 0 unspecified atom stereocenters. The summed E-state index contributed by atoms with van der Waals surface area (Å²) in [5.74, 6) is 5.00. The Morgan fingerprint density at radius 2 is 1.94 bits per heavy atom. The van der Waals surface area contributed by atoms with Crippen molar-refractivity contribution in [2.45, 2.75) is 105 Å². The Balaban J connectivity index is 1.29. The second kappa shape index (κ2) is 7.19.